The Labute approximate surface area is 92.6 Å². The molecule has 1 atom stereocenters. The van der Waals surface area contributed by atoms with E-state index < -0.39 is 32.4 Å². The zero-order valence-corrected chi connectivity index (χ0v) is 9.58. The van der Waals surface area contributed by atoms with Crippen LogP contribution in [0.5, 0.6) is 0 Å². The predicted octanol–water partition coefficient (Wildman–Crippen LogP) is 1.42. The molecule has 1 aromatic rings. The first kappa shape index (κ1) is 12.6. The van der Waals surface area contributed by atoms with Gasteiger partial charge in [-0.2, -0.15) is 0 Å². The molecule has 1 aromatic carbocycles. The molecule has 4 nitrogen and oxygen atoms in total. The van der Waals surface area contributed by atoms with Crippen LogP contribution in [0.4, 0.5) is 4.39 Å². The molecule has 88 valence electrons. The number of carboxylic acids is 1. The van der Waals surface area contributed by atoms with Crippen molar-refractivity contribution in [3.8, 4) is 0 Å². The average molecular weight is 246 g/mol. The first-order valence-corrected chi connectivity index (χ1v) is 6.35. The number of halogens is 1. The number of carbonyl (C=O) groups is 1. The van der Waals surface area contributed by atoms with Gasteiger partial charge in [-0.05, 0) is 24.6 Å². The fourth-order valence-corrected chi connectivity index (χ4v) is 1.96. The molecule has 0 saturated heterocycles. The number of rotatable bonds is 3. The quantitative estimate of drug-likeness (QED) is 0.875. The molecule has 16 heavy (non-hydrogen) atoms. The summed E-state index contributed by atoms with van der Waals surface area (Å²) < 4.78 is 35.6. The highest BCUT2D eigenvalue weighted by molar-refractivity contribution is 7.90. The Morgan fingerprint density at radius 3 is 2.38 bits per heavy atom. The first-order chi connectivity index (χ1) is 7.23. The predicted molar refractivity (Wildman–Crippen MR) is 55.6 cm³/mol. The van der Waals surface area contributed by atoms with Gasteiger partial charge in [0.05, 0.1) is 5.92 Å². The zero-order chi connectivity index (χ0) is 12.5. The van der Waals surface area contributed by atoms with Gasteiger partial charge in [-0.1, -0.05) is 6.07 Å². The van der Waals surface area contributed by atoms with Crippen molar-refractivity contribution in [2.24, 2.45) is 0 Å². The first-order valence-electron chi connectivity index (χ1n) is 4.46. The second-order valence-corrected chi connectivity index (χ2v) is 5.51. The second kappa shape index (κ2) is 4.21. The van der Waals surface area contributed by atoms with Crippen molar-refractivity contribution in [1.82, 2.24) is 0 Å². The van der Waals surface area contributed by atoms with Crippen LogP contribution in [0.3, 0.4) is 0 Å². The lowest BCUT2D eigenvalue weighted by Gasteiger charge is -2.08. The van der Waals surface area contributed by atoms with Crippen LogP contribution in [-0.2, 0) is 14.6 Å². The van der Waals surface area contributed by atoms with Crippen LogP contribution >= 0.6 is 0 Å². The number of hydrogen-bond acceptors (Lipinski definition) is 3. The van der Waals surface area contributed by atoms with Crippen LogP contribution in [0.25, 0.3) is 0 Å². The van der Waals surface area contributed by atoms with Crippen molar-refractivity contribution in [3.63, 3.8) is 0 Å². The van der Waals surface area contributed by atoms with Crippen LogP contribution in [0, 0.1) is 5.82 Å². The molecule has 1 rings (SSSR count). The number of benzene rings is 1. The minimum atomic E-state index is -3.62. The summed E-state index contributed by atoms with van der Waals surface area (Å²) in [6.45, 7) is 1.40. The molecule has 0 aliphatic rings. The Bertz CT molecular complexity index is 522. The highest BCUT2D eigenvalue weighted by Crippen LogP contribution is 2.21. The van der Waals surface area contributed by atoms with Gasteiger partial charge in [0.2, 0.25) is 0 Å². The van der Waals surface area contributed by atoms with E-state index in [4.69, 9.17) is 5.11 Å². The minimum Gasteiger partial charge on any atom is -0.481 e. The van der Waals surface area contributed by atoms with E-state index >= 15 is 0 Å². The molecule has 0 radical (unpaired) electrons. The molecule has 0 saturated carbocycles. The third-order valence-corrected chi connectivity index (χ3v) is 3.36. The van der Waals surface area contributed by atoms with Gasteiger partial charge in [-0.3, -0.25) is 4.79 Å². The summed E-state index contributed by atoms with van der Waals surface area (Å²) in [4.78, 5) is 10.2. The highest BCUT2D eigenvalue weighted by atomic mass is 32.2. The molecule has 0 aliphatic carbocycles. The Morgan fingerprint density at radius 2 is 2.00 bits per heavy atom. The van der Waals surface area contributed by atoms with Gasteiger partial charge < -0.3 is 5.11 Å². The fourth-order valence-electron chi connectivity index (χ4n) is 1.23. The summed E-state index contributed by atoms with van der Waals surface area (Å²) in [6.07, 6.45) is 0.895. The maximum absolute atomic E-state index is 13.4. The van der Waals surface area contributed by atoms with E-state index in [2.05, 4.69) is 0 Å². The molecule has 6 heteroatoms. The van der Waals surface area contributed by atoms with Crippen LogP contribution in [-0.4, -0.2) is 25.7 Å². The van der Waals surface area contributed by atoms with Crippen LogP contribution < -0.4 is 0 Å². The van der Waals surface area contributed by atoms with Crippen molar-refractivity contribution in [1.29, 1.82) is 0 Å². The minimum absolute atomic E-state index is 0.234. The number of aliphatic carboxylic acids is 1. The van der Waals surface area contributed by atoms with Crippen molar-refractivity contribution in [2.45, 2.75) is 17.7 Å². The largest absolute Gasteiger partial charge is 0.481 e. The molecular formula is C10H11FO4S. The fraction of sp³-hybridized carbons (Fsp3) is 0.300. The third kappa shape index (κ3) is 2.57. The van der Waals surface area contributed by atoms with E-state index in [1.165, 1.54) is 13.0 Å². The third-order valence-electron chi connectivity index (χ3n) is 2.23. The molecule has 0 amide bonds. The second-order valence-electron chi connectivity index (χ2n) is 3.52. The molecule has 0 aromatic heterocycles. The monoisotopic (exact) mass is 246 g/mol. The zero-order valence-electron chi connectivity index (χ0n) is 8.77. The Balaban J connectivity index is 3.25. The van der Waals surface area contributed by atoms with E-state index in [1.54, 1.807) is 0 Å². The number of sulfone groups is 1. The summed E-state index contributed by atoms with van der Waals surface area (Å²) in [7, 11) is -3.62. The summed E-state index contributed by atoms with van der Waals surface area (Å²) in [5, 5.41) is 8.71. The molecule has 0 unspecified atom stereocenters. The van der Waals surface area contributed by atoms with E-state index in [9.17, 15) is 17.6 Å². The van der Waals surface area contributed by atoms with Gasteiger partial charge >= 0.3 is 5.97 Å². The maximum Gasteiger partial charge on any atom is 0.310 e. The standard InChI is InChI=1S/C10H11FO4S/c1-6(10(12)13)7-3-4-9(8(11)5-7)16(2,14)15/h3-6H,1-2H3,(H,12,13)/t6-/m0/s1. The van der Waals surface area contributed by atoms with Gasteiger partial charge in [0.1, 0.15) is 10.7 Å². The van der Waals surface area contributed by atoms with Crippen molar-refractivity contribution in [3.05, 3.63) is 29.6 Å². The summed E-state index contributed by atoms with van der Waals surface area (Å²) in [6, 6.07) is 3.33. The van der Waals surface area contributed by atoms with Gasteiger partial charge in [0, 0.05) is 6.26 Å². The smallest absolute Gasteiger partial charge is 0.310 e. The van der Waals surface area contributed by atoms with Gasteiger partial charge in [-0.25, -0.2) is 12.8 Å². The Kier molecular flexibility index (Phi) is 3.32. The van der Waals surface area contributed by atoms with Gasteiger partial charge in [0.15, 0.2) is 9.84 Å². The van der Waals surface area contributed by atoms with E-state index in [0.717, 1.165) is 18.4 Å². The highest BCUT2D eigenvalue weighted by Gasteiger charge is 2.18. The van der Waals surface area contributed by atoms with E-state index in [1.807, 2.05) is 0 Å². The molecule has 0 spiro atoms. The van der Waals surface area contributed by atoms with Crippen LogP contribution in [0.1, 0.15) is 18.4 Å². The summed E-state index contributed by atoms with van der Waals surface area (Å²) in [5.41, 5.74) is 0.234. The number of carboxylic acid groups (broad SMARTS) is 1. The number of hydrogen-bond donors (Lipinski definition) is 1. The SMILES string of the molecule is C[C@H](C(=O)O)c1ccc(S(C)(=O)=O)c(F)c1. The van der Waals surface area contributed by atoms with Crippen molar-refractivity contribution < 1.29 is 22.7 Å². The van der Waals surface area contributed by atoms with Gasteiger partial charge in [0.25, 0.3) is 0 Å². The van der Waals surface area contributed by atoms with E-state index in [0.29, 0.717) is 0 Å². The summed E-state index contributed by atoms with van der Waals surface area (Å²) >= 11 is 0. The Hall–Kier alpha value is -1.43. The van der Waals surface area contributed by atoms with Crippen LogP contribution in [0.2, 0.25) is 0 Å². The van der Waals surface area contributed by atoms with Gasteiger partial charge in [-0.15, -0.1) is 0 Å². The van der Waals surface area contributed by atoms with E-state index in [-0.39, 0.29) is 5.56 Å². The molecule has 0 fully saturated rings. The lowest BCUT2D eigenvalue weighted by atomic mass is 10.0. The maximum atomic E-state index is 13.4. The average Bonchev–Trinajstić information content (AvgIpc) is 2.14. The molecule has 0 aliphatic heterocycles. The lowest BCUT2D eigenvalue weighted by Crippen LogP contribution is -2.09. The lowest BCUT2D eigenvalue weighted by molar-refractivity contribution is -0.138. The topological polar surface area (TPSA) is 71.4 Å². The molecule has 0 bridgehead atoms. The normalized spacial score (nSPS) is 13.4. The molecule has 0 heterocycles. The van der Waals surface area contributed by atoms with Crippen molar-refractivity contribution >= 4 is 15.8 Å². The Morgan fingerprint density at radius 1 is 1.44 bits per heavy atom. The summed E-state index contributed by atoms with van der Waals surface area (Å²) in [5.74, 6) is -2.89. The van der Waals surface area contributed by atoms with Crippen molar-refractivity contribution in [2.75, 3.05) is 6.26 Å². The molecule has 1 N–H and O–H groups in total. The van der Waals surface area contributed by atoms with Crippen LogP contribution in [0.15, 0.2) is 23.1 Å². The molecular weight excluding hydrogens is 235 g/mol.